The number of anilines is 3. The number of nitrogens with zero attached hydrogens (tertiary/aromatic N) is 1. The monoisotopic (exact) mass is 399 g/mol. The Balaban J connectivity index is 1.79. The van der Waals surface area contributed by atoms with Gasteiger partial charge in [-0.1, -0.05) is 11.6 Å². The van der Waals surface area contributed by atoms with Crippen LogP contribution in [0.3, 0.4) is 0 Å². The molecule has 2 N–H and O–H groups in total. The maximum atomic E-state index is 13.8. The highest BCUT2D eigenvalue weighted by molar-refractivity contribution is 6.31. The Labute approximate surface area is 159 Å². The Morgan fingerprint density at radius 2 is 1.96 bits per heavy atom. The molecule has 144 valence electrons. The summed E-state index contributed by atoms with van der Waals surface area (Å²) >= 11 is 5.78. The minimum atomic E-state index is -4.47. The maximum absolute atomic E-state index is 13.8. The summed E-state index contributed by atoms with van der Waals surface area (Å²) in [6.07, 6.45) is -3.68. The summed E-state index contributed by atoms with van der Waals surface area (Å²) in [5.41, 5.74) is 1.01. The van der Waals surface area contributed by atoms with Gasteiger partial charge in [0.1, 0.15) is 5.82 Å². The molecule has 0 amide bonds. The van der Waals surface area contributed by atoms with Gasteiger partial charge in [-0.15, -0.1) is 0 Å². The summed E-state index contributed by atoms with van der Waals surface area (Å²) in [5, 5.41) is 6.12. The Hall–Kier alpha value is -1.99. The van der Waals surface area contributed by atoms with Crippen LogP contribution in [0.4, 0.5) is 34.6 Å². The van der Waals surface area contributed by atoms with Crippen molar-refractivity contribution in [3.8, 4) is 0 Å². The van der Waals surface area contributed by atoms with E-state index in [1.54, 1.807) is 18.0 Å². The van der Waals surface area contributed by atoms with Gasteiger partial charge in [0.25, 0.3) is 0 Å². The second kappa shape index (κ2) is 6.56. The van der Waals surface area contributed by atoms with E-state index in [2.05, 4.69) is 10.6 Å². The molecule has 1 fully saturated rings. The molecule has 4 rings (SSSR count). The van der Waals surface area contributed by atoms with Gasteiger partial charge in [-0.05, 0) is 48.9 Å². The van der Waals surface area contributed by atoms with Crippen molar-refractivity contribution >= 4 is 28.7 Å². The Kier molecular flexibility index (Phi) is 4.47. The van der Waals surface area contributed by atoms with Crippen molar-refractivity contribution in [1.82, 2.24) is 5.32 Å². The Morgan fingerprint density at radius 1 is 1.19 bits per heavy atom. The minimum absolute atomic E-state index is 0.00148. The molecule has 1 saturated heterocycles. The number of halogens is 5. The zero-order valence-corrected chi connectivity index (χ0v) is 15.3. The first-order valence-electron chi connectivity index (χ1n) is 8.66. The number of hydrogen-bond donors (Lipinski definition) is 2. The molecule has 0 spiro atoms. The first-order valence-corrected chi connectivity index (χ1v) is 9.04. The molecule has 27 heavy (non-hydrogen) atoms. The lowest BCUT2D eigenvalue weighted by Crippen LogP contribution is -2.42. The lowest BCUT2D eigenvalue weighted by molar-refractivity contribution is -0.137. The van der Waals surface area contributed by atoms with Crippen LogP contribution in [0.2, 0.25) is 5.02 Å². The number of alkyl halides is 3. The molecule has 2 aliphatic heterocycles. The van der Waals surface area contributed by atoms with Crippen molar-refractivity contribution in [2.75, 3.05) is 30.4 Å². The first kappa shape index (κ1) is 18.4. The lowest BCUT2D eigenvalue weighted by Gasteiger charge is -2.31. The van der Waals surface area contributed by atoms with Crippen LogP contribution in [0.1, 0.15) is 23.5 Å². The second-order valence-corrected chi connectivity index (χ2v) is 7.40. The molecule has 2 aromatic rings. The zero-order valence-electron chi connectivity index (χ0n) is 14.5. The standard InChI is InChI=1S/C19H18ClF4N3/c1-27-17-4-5-25-9-13(17)12-6-11(7-14(18(12)27)19(22,23)24)26-10-2-3-16(21)15(20)8-10/h2-3,6-8,13,17,25-26H,4-5,9H2,1H3/t13-,17-/m0/s1. The first-order chi connectivity index (χ1) is 12.8. The van der Waals surface area contributed by atoms with E-state index in [4.69, 9.17) is 11.6 Å². The van der Waals surface area contributed by atoms with E-state index in [0.717, 1.165) is 19.0 Å². The fourth-order valence-electron chi connectivity index (χ4n) is 4.15. The molecule has 0 aromatic heterocycles. The van der Waals surface area contributed by atoms with Crippen LogP contribution in [0.5, 0.6) is 0 Å². The molecular weight excluding hydrogens is 382 g/mol. The van der Waals surface area contributed by atoms with Crippen LogP contribution in [0.15, 0.2) is 30.3 Å². The van der Waals surface area contributed by atoms with Gasteiger partial charge in [0.2, 0.25) is 0 Å². The van der Waals surface area contributed by atoms with Gasteiger partial charge >= 0.3 is 6.18 Å². The topological polar surface area (TPSA) is 27.3 Å². The van der Waals surface area contributed by atoms with E-state index >= 15 is 0 Å². The number of fused-ring (bicyclic) bond motifs is 3. The van der Waals surface area contributed by atoms with Crippen LogP contribution in [-0.4, -0.2) is 26.2 Å². The molecule has 0 unspecified atom stereocenters. The van der Waals surface area contributed by atoms with E-state index in [9.17, 15) is 17.6 Å². The van der Waals surface area contributed by atoms with E-state index in [1.807, 2.05) is 0 Å². The highest BCUT2D eigenvalue weighted by Gasteiger charge is 2.45. The van der Waals surface area contributed by atoms with Gasteiger partial charge in [0.15, 0.2) is 0 Å². The molecule has 3 nitrogen and oxygen atoms in total. The summed E-state index contributed by atoms with van der Waals surface area (Å²) in [4.78, 5) is 1.77. The van der Waals surface area contributed by atoms with E-state index < -0.39 is 17.6 Å². The average molecular weight is 400 g/mol. The van der Waals surface area contributed by atoms with Crippen molar-refractivity contribution in [1.29, 1.82) is 0 Å². The fraction of sp³-hybridized carbons (Fsp3) is 0.368. The summed E-state index contributed by atoms with van der Waals surface area (Å²) in [5.74, 6) is -0.580. The summed E-state index contributed by atoms with van der Waals surface area (Å²) in [6, 6.07) is 6.90. The van der Waals surface area contributed by atoms with Crippen LogP contribution < -0.4 is 15.5 Å². The third kappa shape index (κ3) is 3.23. The third-order valence-corrected chi connectivity index (χ3v) is 5.64. The average Bonchev–Trinajstić information content (AvgIpc) is 2.90. The smallest absolute Gasteiger partial charge is 0.370 e. The van der Waals surface area contributed by atoms with E-state index in [0.29, 0.717) is 23.5 Å². The number of likely N-dealkylation sites (N-methyl/N-ethyl adjacent to an activating group) is 1. The highest BCUT2D eigenvalue weighted by Crippen LogP contribution is 2.50. The molecule has 0 radical (unpaired) electrons. The summed E-state index contributed by atoms with van der Waals surface area (Å²) in [6.45, 7) is 1.44. The quantitative estimate of drug-likeness (QED) is 0.685. The highest BCUT2D eigenvalue weighted by atomic mass is 35.5. The number of benzene rings is 2. The fourth-order valence-corrected chi connectivity index (χ4v) is 4.33. The predicted molar refractivity (Wildman–Crippen MR) is 98.6 cm³/mol. The second-order valence-electron chi connectivity index (χ2n) is 6.99. The van der Waals surface area contributed by atoms with Crippen LogP contribution in [-0.2, 0) is 6.18 Å². The van der Waals surface area contributed by atoms with Gasteiger partial charge < -0.3 is 15.5 Å². The molecule has 8 heteroatoms. The Morgan fingerprint density at radius 3 is 2.67 bits per heavy atom. The molecule has 2 heterocycles. The van der Waals surface area contributed by atoms with Crippen molar-refractivity contribution in [3.05, 3.63) is 52.3 Å². The molecule has 0 aliphatic carbocycles. The largest absolute Gasteiger partial charge is 0.418 e. The summed E-state index contributed by atoms with van der Waals surface area (Å²) in [7, 11) is 1.73. The van der Waals surface area contributed by atoms with Crippen molar-refractivity contribution in [2.45, 2.75) is 24.6 Å². The Bertz CT molecular complexity index is 884. The number of rotatable bonds is 2. The number of piperidine rings is 1. The normalized spacial score (nSPS) is 21.8. The van der Waals surface area contributed by atoms with Gasteiger partial charge in [0.05, 0.1) is 16.3 Å². The van der Waals surface area contributed by atoms with E-state index in [-0.39, 0.29) is 22.7 Å². The minimum Gasteiger partial charge on any atom is -0.370 e. The van der Waals surface area contributed by atoms with Crippen LogP contribution in [0.25, 0.3) is 0 Å². The molecule has 2 aromatic carbocycles. The molecule has 2 atom stereocenters. The van der Waals surface area contributed by atoms with Crippen LogP contribution in [0, 0.1) is 5.82 Å². The maximum Gasteiger partial charge on any atom is 0.418 e. The predicted octanol–water partition coefficient (Wildman–Crippen LogP) is 5.14. The lowest BCUT2D eigenvalue weighted by atomic mass is 9.89. The van der Waals surface area contributed by atoms with Gasteiger partial charge in [0, 0.05) is 36.9 Å². The molecule has 2 aliphatic rings. The van der Waals surface area contributed by atoms with Crippen molar-refractivity contribution < 1.29 is 17.6 Å². The van der Waals surface area contributed by atoms with Gasteiger partial charge in [-0.3, -0.25) is 0 Å². The SMILES string of the molecule is CN1c2c(cc(Nc3ccc(F)c(Cl)c3)cc2C(F)(F)F)[C@@H]2CNCC[C@@H]21. The van der Waals surface area contributed by atoms with Gasteiger partial charge in [-0.25, -0.2) is 4.39 Å². The number of hydrogen-bond acceptors (Lipinski definition) is 3. The van der Waals surface area contributed by atoms with E-state index in [1.165, 1.54) is 18.2 Å². The zero-order chi connectivity index (χ0) is 19.3. The van der Waals surface area contributed by atoms with Crippen molar-refractivity contribution in [3.63, 3.8) is 0 Å². The van der Waals surface area contributed by atoms with Gasteiger partial charge in [-0.2, -0.15) is 13.2 Å². The molecule has 0 bridgehead atoms. The van der Waals surface area contributed by atoms with Crippen LogP contribution >= 0.6 is 11.6 Å². The third-order valence-electron chi connectivity index (χ3n) is 5.35. The molecular formula is C19H18ClF4N3. The summed E-state index contributed by atoms with van der Waals surface area (Å²) < 4.78 is 54.7. The number of nitrogens with one attached hydrogen (secondary N) is 2. The van der Waals surface area contributed by atoms with Crippen molar-refractivity contribution in [2.24, 2.45) is 0 Å². The molecule has 0 saturated carbocycles.